The van der Waals surface area contributed by atoms with Gasteiger partial charge in [0.15, 0.2) is 0 Å². The Bertz CT molecular complexity index is 560. The highest BCUT2D eigenvalue weighted by Crippen LogP contribution is 2.40. The molecule has 3 nitrogen and oxygen atoms in total. The van der Waals surface area contributed by atoms with Crippen LogP contribution in [0.5, 0.6) is 5.75 Å². The molecule has 2 heterocycles. The molecule has 2 aromatic rings. The molecule has 1 N–H and O–H groups in total. The molecule has 19 heavy (non-hydrogen) atoms. The molecule has 1 fully saturated rings. The Kier molecular flexibility index (Phi) is 3.29. The highest BCUT2D eigenvalue weighted by molar-refractivity contribution is 7.09. The lowest BCUT2D eigenvalue weighted by atomic mass is 9.80. The number of thiazole rings is 1. The van der Waals surface area contributed by atoms with E-state index < -0.39 is 0 Å². The number of ether oxygens (including phenoxy) is 1. The third-order valence-corrected chi connectivity index (χ3v) is 4.93. The zero-order chi connectivity index (χ0) is 13.3. The third-order valence-electron chi connectivity index (χ3n) is 3.96. The minimum absolute atomic E-state index is 0.00907. The van der Waals surface area contributed by atoms with E-state index in [1.165, 1.54) is 16.1 Å². The van der Waals surface area contributed by atoms with Crippen molar-refractivity contribution in [3.05, 3.63) is 45.9 Å². The summed E-state index contributed by atoms with van der Waals surface area (Å²) < 4.78 is 5.47. The fourth-order valence-electron chi connectivity index (χ4n) is 2.82. The van der Waals surface area contributed by atoms with Crippen LogP contribution in [0.25, 0.3) is 0 Å². The van der Waals surface area contributed by atoms with Crippen LogP contribution >= 0.6 is 11.3 Å². The molecule has 4 heteroatoms. The minimum Gasteiger partial charge on any atom is -0.496 e. The van der Waals surface area contributed by atoms with Crippen LogP contribution in [0.3, 0.4) is 0 Å². The molecular formula is C15H18N2OS. The lowest BCUT2D eigenvalue weighted by Crippen LogP contribution is -2.30. The van der Waals surface area contributed by atoms with Crippen molar-refractivity contribution in [3.63, 3.8) is 0 Å². The smallest absolute Gasteiger partial charge is 0.122 e. The molecular weight excluding hydrogens is 256 g/mol. The maximum Gasteiger partial charge on any atom is 0.122 e. The Labute approximate surface area is 117 Å². The second-order valence-corrected chi connectivity index (χ2v) is 5.93. The molecule has 0 amide bonds. The Balaban J connectivity index is 2.11. The standard InChI is InChI=1S/C15H18N2OS/c1-11-3-4-12(9-13(11)18-2)15(5-6-16-10-15)14-17-7-8-19-14/h3-4,7-9,16H,5-6,10H2,1-2H3. The predicted molar refractivity (Wildman–Crippen MR) is 78.1 cm³/mol. The Morgan fingerprint density at radius 2 is 2.32 bits per heavy atom. The molecule has 1 atom stereocenters. The topological polar surface area (TPSA) is 34.1 Å². The van der Waals surface area contributed by atoms with Crippen LogP contribution in [-0.2, 0) is 5.41 Å². The summed E-state index contributed by atoms with van der Waals surface area (Å²) in [7, 11) is 1.73. The molecule has 1 aliphatic heterocycles. The van der Waals surface area contributed by atoms with E-state index in [0.29, 0.717) is 0 Å². The van der Waals surface area contributed by atoms with Gasteiger partial charge in [-0.25, -0.2) is 4.98 Å². The van der Waals surface area contributed by atoms with Crippen LogP contribution < -0.4 is 10.1 Å². The first-order chi connectivity index (χ1) is 9.26. The summed E-state index contributed by atoms with van der Waals surface area (Å²) in [5.41, 5.74) is 2.48. The van der Waals surface area contributed by atoms with Gasteiger partial charge in [-0.15, -0.1) is 11.3 Å². The Morgan fingerprint density at radius 1 is 1.42 bits per heavy atom. The van der Waals surface area contributed by atoms with Gasteiger partial charge in [0.05, 0.1) is 12.5 Å². The van der Waals surface area contributed by atoms with Crippen molar-refractivity contribution in [3.8, 4) is 5.75 Å². The molecule has 0 saturated carbocycles. The van der Waals surface area contributed by atoms with E-state index in [1.54, 1.807) is 18.4 Å². The molecule has 1 aromatic carbocycles. The molecule has 3 rings (SSSR count). The van der Waals surface area contributed by atoms with E-state index >= 15 is 0 Å². The number of rotatable bonds is 3. The van der Waals surface area contributed by atoms with E-state index in [2.05, 4.69) is 40.8 Å². The molecule has 0 aliphatic carbocycles. The van der Waals surface area contributed by atoms with Gasteiger partial charge in [-0.2, -0.15) is 0 Å². The van der Waals surface area contributed by atoms with Crippen LogP contribution in [0.1, 0.15) is 22.6 Å². The zero-order valence-corrected chi connectivity index (χ0v) is 12.1. The monoisotopic (exact) mass is 274 g/mol. The largest absolute Gasteiger partial charge is 0.496 e. The van der Waals surface area contributed by atoms with Crippen LogP contribution in [0, 0.1) is 6.92 Å². The maximum atomic E-state index is 5.47. The van der Waals surface area contributed by atoms with Crippen molar-refractivity contribution in [1.29, 1.82) is 0 Å². The summed E-state index contributed by atoms with van der Waals surface area (Å²) in [6.07, 6.45) is 2.98. The van der Waals surface area contributed by atoms with E-state index in [-0.39, 0.29) is 5.41 Å². The summed E-state index contributed by atoms with van der Waals surface area (Å²) in [4.78, 5) is 4.56. The van der Waals surface area contributed by atoms with Crippen LogP contribution in [-0.4, -0.2) is 25.2 Å². The second kappa shape index (κ2) is 4.94. The van der Waals surface area contributed by atoms with Gasteiger partial charge in [-0.1, -0.05) is 12.1 Å². The number of hydrogen-bond donors (Lipinski definition) is 1. The lowest BCUT2D eigenvalue weighted by molar-refractivity contribution is 0.409. The fraction of sp³-hybridized carbons (Fsp3) is 0.400. The molecule has 0 bridgehead atoms. The van der Waals surface area contributed by atoms with Crippen molar-refractivity contribution in [2.75, 3.05) is 20.2 Å². The average Bonchev–Trinajstić information content (AvgIpc) is 3.10. The molecule has 1 aromatic heterocycles. The highest BCUT2D eigenvalue weighted by Gasteiger charge is 2.39. The zero-order valence-electron chi connectivity index (χ0n) is 11.3. The molecule has 0 radical (unpaired) electrons. The van der Waals surface area contributed by atoms with Crippen molar-refractivity contribution < 1.29 is 4.74 Å². The first-order valence-electron chi connectivity index (χ1n) is 6.52. The molecule has 0 spiro atoms. The lowest BCUT2D eigenvalue weighted by Gasteiger charge is -2.27. The Hall–Kier alpha value is -1.39. The SMILES string of the molecule is COc1cc(C2(c3nccs3)CCNC2)ccc1C. The van der Waals surface area contributed by atoms with Gasteiger partial charge in [0.25, 0.3) is 0 Å². The summed E-state index contributed by atoms with van der Waals surface area (Å²) >= 11 is 1.74. The molecule has 1 unspecified atom stereocenters. The normalized spacial score (nSPS) is 22.6. The van der Waals surface area contributed by atoms with E-state index in [9.17, 15) is 0 Å². The number of benzene rings is 1. The fourth-order valence-corrected chi connectivity index (χ4v) is 3.71. The van der Waals surface area contributed by atoms with Crippen LogP contribution in [0.15, 0.2) is 29.8 Å². The summed E-state index contributed by atoms with van der Waals surface area (Å²) in [5.74, 6) is 0.959. The number of nitrogens with zero attached hydrogens (tertiary/aromatic N) is 1. The van der Waals surface area contributed by atoms with Gasteiger partial charge in [0.2, 0.25) is 0 Å². The van der Waals surface area contributed by atoms with E-state index in [1.807, 2.05) is 6.20 Å². The third kappa shape index (κ3) is 2.05. The number of hydrogen-bond acceptors (Lipinski definition) is 4. The van der Waals surface area contributed by atoms with Crippen molar-refractivity contribution in [2.24, 2.45) is 0 Å². The molecule has 1 saturated heterocycles. The average molecular weight is 274 g/mol. The van der Waals surface area contributed by atoms with Crippen molar-refractivity contribution >= 4 is 11.3 Å². The maximum absolute atomic E-state index is 5.47. The van der Waals surface area contributed by atoms with Gasteiger partial charge >= 0.3 is 0 Å². The predicted octanol–water partition coefficient (Wildman–Crippen LogP) is 2.74. The number of aromatic nitrogens is 1. The molecule has 1 aliphatic rings. The quantitative estimate of drug-likeness (QED) is 0.934. The van der Waals surface area contributed by atoms with Crippen molar-refractivity contribution in [2.45, 2.75) is 18.8 Å². The van der Waals surface area contributed by atoms with Crippen LogP contribution in [0.4, 0.5) is 0 Å². The van der Waals surface area contributed by atoms with E-state index in [4.69, 9.17) is 4.74 Å². The summed E-state index contributed by atoms with van der Waals surface area (Å²) in [6, 6.07) is 6.53. The van der Waals surface area contributed by atoms with Gasteiger partial charge in [-0.3, -0.25) is 0 Å². The van der Waals surface area contributed by atoms with Crippen LogP contribution in [0.2, 0.25) is 0 Å². The minimum atomic E-state index is 0.00907. The first-order valence-corrected chi connectivity index (χ1v) is 7.40. The van der Waals surface area contributed by atoms with Gasteiger partial charge < -0.3 is 10.1 Å². The molecule has 100 valence electrons. The van der Waals surface area contributed by atoms with Crippen molar-refractivity contribution in [1.82, 2.24) is 10.3 Å². The summed E-state index contributed by atoms with van der Waals surface area (Å²) in [6.45, 7) is 4.06. The summed E-state index contributed by atoms with van der Waals surface area (Å²) in [5, 5.41) is 6.73. The number of nitrogens with one attached hydrogen (secondary N) is 1. The Morgan fingerprint density at radius 3 is 2.95 bits per heavy atom. The van der Waals surface area contributed by atoms with Gasteiger partial charge in [-0.05, 0) is 37.1 Å². The number of aryl methyl sites for hydroxylation is 1. The van der Waals surface area contributed by atoms with E-state index in [0.717, 1.165) is 25.3 Å². The first kappa shape index (κ1) is 12.6. The highest BCUT2D eigenvalue weighted by atomic mass is 32.1. The van der Waals surface area contributed by atoms with Gasteiger partial charge in [0, 0.05) is 18.1 Å². The second-order valence-electron chi connectivity index (χ2n) is 5.03. The van der Waals surface area contributed by atoms with Gasteiger partial charge in [0.1, 0.15) is 10.8 Å². The number of methoxy groups -OCH3 is 1.